The Balaban J connectivity index is 3.56. The summed E-state index contributed by atoms with van der Waals surface area (Å²) in [5, 5.41) is 11.8. The van der Waals surface area contributed by atoms with Crippen LogP contribution in [0.2, 0.25) is 0 Å². The summed E-state index contributed by atoms with van der Waals surface area (Å²) in [6.45, 7) is 2.79. The second-order valence-corrected chi connectivity index (χ2v) is 7.37. The van der Waals surface area contributed by atoms with Gasteiger partial charge in [0.1, 0.15) is 6.04 Å². The van der Waals surface area contributed by atoms with Gasteiger partial charge < -0.3 is 16.2 Å². The number of amides is 1. The van der Waals surface area contributed by atoms with Gasteiger partial charge in [-0.3, -0.25) is 4.79 Å². The molecule has 0 saturated carbocycles. The van der Waals surface area contributed by atoms with Crippen molar-refractivity contribution in [2.24, 2.45) is 5.73 Å². The largest absolute Gasteiger partial charge is 0.480 e. The zero-order valence-corrected chi connectivity index (χ0v) is 17.4. The second kappa shape index (κ2) is 19.4. The first kappa shape index (κ1) is 25.6. The Morgan fingerprint density at radius 3 is 2.07 bits per heavy atom. The number of carboxylic acids is 1. The number of nitrogens with two attached hydrogens (primary N) is 1. The Labute approximate surface area is 166 Å². The maximum Gasteiger partial charge on any atom is 0.326 e. The van der Waals surface area contributed by atoms with Crippen molar-refractivity contribution in [2.75, 3.05) is 6.54 Å². The number of unbranched alkanes of at least 4 members (excludes halogenated alkanes) is 10. The summed E-state index contributed by atoms with van der Waals surface area (Å²) in [6.07, 6.45) is 20.0. The molecule has 1 atom stereocenters. The molecular weight excluding hydrogens is 340 g/mol. The highest BCUT2D eigenvalue weighted by Crippen LogP contribution is 2.09. The first-order chi connectivity index (χ1) is 13.1. The van der Waals surface area contributed by atoms with Gasteiger partial charge in [0, 0.05) is 6.42 Å². The van der Waals surface area contributed by atoms with Crippen LogP contribution in [0.3, 0.4) is 0 Å². The van der Waals surface area contributed by atoms with E-state index in [1.807, 2.05) is 0 Å². The van der Waals surface area contributed by atoms with Crippen LogP contribution in [0.15, 0.2) is 12.2 Å². The van der Waals surface area contributed by atoms with Gasteiger partial charge in [0.05, 0.1) is 0 Å². The van der Waals surface area contributed by atoms with Crippen molar-refractivity contribution in [3.8, 4) is 0 Å². The predicted molar refractivity (Wildman–Crippen MR) is 113 cm³/mol. The summed E-state index contributed by atoms with van der Waals surface area (Å²) in [5.74, 6) is -1.11. The Morgan fingerprint density at radius 2 is 1.48 bits per heavy atom. The first-order valence-corrected chi connectivity index (χ1v) is 11.0. The highest BCUT2D eigenvalue weighted by atomic mass is 16.4. The molecule has 5 nitrogen and oxygen atoms in total. The van der Waals surface area contributed by atoms with E-state index in [-0.39, 0.29) is 5.91 Å². The topological polar surface area (TPSA) is 92.4 Å². The van der Waals surface area contributed by atoms with Gasteiger partial charge in [-0.1, -0.05) is 57.6 Å². The van der Waals surface area contributed by atoms with E-state index in [0.29, 0.717) is 19.4 Å². The van der Waals surface area contributed by atoms with Crippen molar-refractivity contribution in [3.05, 3.63) is 12.2 Å². The van der Waals surface area contributed by atoms with Crippen molar-refractivity contribution >= 4 is 11.9 Å². The Morgan fingerprint density at radius 1 is 0.889 bits per heavy atom. The highest BCUT2D eigenvalue weighted by Gasteiger charge is 2.18. The van der Waals surface area contributed by atoms with Gasteiger partial charge >= 0.3 is 5.97 Å². The molecule has 158 valence electrons. The number of carbonyl (C=O) groups excluding carboxylic acids is 1. The number of nitrogens with one attached hydrogen (secondary N) is 1. The summed E-state index contributed by atoms with van der Waals surface area (Å²) in [5.41, 5.74) is 5.42. The van der Waals surface area contributed by atoms with Crippen molar-refractivity contribution in [2.45, 2.75) is 109 Å². The summed E-state index contributed by atoms with van der Waals surface area (Å²) < 4.78 is 0. The summed E-state index contributed by atoms with van der Waals surface area (Å²) in [4.78, 5) is 23.1. The fraction of sp³-hybridized carbons (Fsp3) is 0.818. The monoisotopic (exact) mass is 382 g/mol. The van der Waals surface area contributed by atoms with Gasteiger partial charge in [-0.25, -0.2) is 4.79 Å². The van der Waals surface area contributed by atoms with Crippen molar-refractivity contribution in [3.63, 3.8) is 0 Å². The van der Waals surface area contributed by atoms with E-state index >= 15 is 0 Å². The minimum atomic E-state index is -0.959. The Kier molecular flexibility index (Phi) is 18.4. The van der Waals surface area contributed by atoms with E-state index in [9.17, 15) is 9.59 Å². The third-order valence-electron chi connectivity index (χ3n) is 4.75. The van der Waals surface area contributed by atoms with Crippen molar-refractivity contribution < 1.29 is 14.7 Å². The standard InChI is InChI=1S/C22H42N2O3/c1-2-3-4-5-6-7-8-9-10-11-12-13-14-18-21(25)24-20(22(26)27)17-15-16-19-23/h7-8,20H,2-6,9-19,23H2,1H3,(H,24,25)(H,26,27)/b8-7-/t20-/m0/s1. The molecule has 0 radical (unpaired) electrons. The van der Waals surface area contributed by atoms with Crippen LogP contribution < -0.4 is 11.1 Å². The van der Waals surface area contributed by atoms with Crippen LogP contribution in [0, 0.1) is 0 Å². The van der Waals surface area contributed by atoms with Gasteiger partial charge in [0.25, 0.3) is 0 Å². The van der Waals surface area contributed by atoms with Crippen LogP contribution in [-0.2, 0) is 9.59 Å². The van der Waals surface area contributed by atoms with Gasteiger partial charge in [0.2, 0.25) is 5.91 Å². The van der Waals surface area contributed by atoms with Gasteiger partial charge in [-0.05, 0) is 57.9 Å². The van der Waals surface area contributed by atoms with Crippen LogP contribution in [0.1, 0.15) is 103 Å². The highest BCUT2D eigenvalue weighted by molar-refractivity contribution is 5.83. The van der Waals surface area contributed by atoms with Gasteiger partial charge in [-0.15, -0.1) is 0 Å². The van der Waals surface area contributed by atoms with Gasteiger partial charge in [-0.2, -0.15) is 0 Å². The lowest BCUT2D eigenvalue weighted by molar-refractivity contribution is -0.142. The zero-order valence-electron chi connectivity index (χ0n) is 17.4. The molecule has 0 aliphatic heterocycles. The Hall–Kier alpha value is -1.36. The molecule has 0 aromatic rings. The molecule has 4 N–H and O–H groups in total. The number of hydrogen-bond acceptors (Lipinski definition) is 3. The molecule has 0 aliphatic carbocycles. The van der Waals surface area contributed by atoms with E-state index < -0.39 is 12.0 Å². The maximum absolute atomic E-state index is 11.9. The smallest absolute Gasteiger partial charge is 0.326 e. The number of aliphatic carboxylic acids is 1. The molecule has 27 heavy (non-hydrogen) atoms. The van der Waals surface area contributed by atoms with Crippen LogP contribution in [0.25, 0.3) is 0 Å². The van der Waals surface area contributed by atoms with E-state index in [2.05, 4.69) is 24.4 Å². The molecule has 0 spiro atoms. The van der Waals surface area contributed by atoms with Crippen LogP contribution >= 0.6 is 0 Å². The molecule has 0 aliphatic rings. The first-order valence-electron chi connectivity index (χ1n) is 11.0. The lowest BCUT2D eigenvalue weighted by atomic mass is 10.1. The van der Waals surface area contributed by atoms with E-state index in [0.717, 1.165) is 38.5 Å². The van der Waals surface area contributed by atoms with Crippen LogP contribution in [0.5, 0.6) is 0 Å². The molecule has 0 aromatic carbocycles. The summed E-state index contributed by atoms with van der Waals surface area (Å²) in [7, 11) is 0. The third-order valence-corrected chi connectivity index (χ3v) is 4.75. The molecule has 0 rings (SSSR count). The minimum absolute atomic E-state index is 0.152. The van der Waals surface area contributed by atoms with E-state index in [1.54, 1.807) is 0 Å². The fourth-order valence-electron chi connectivity index (χ4n) is 3.02. The SMILES string of the molecule is CCCCCC/C=C\CCCCCCCC(=O)N[C@@H](CCCCN)C(=O)O. The Bertz CT molecular complexity index is 397. The second-order valence-electron chi connectivity index (χ2n) is 7.37. The molecule has 0 aromatic heterocycles. The molecule has 0 heterocycles. The molecule has 0 unspecified atom stereocenters. The van der Waals surface area contributed by atoms with Gasteiger partial charge in [0.15, 0.2) is 0 Å². The lowest BCUT2D eigenvalue weighted by Gasteiger charge is -2.14. The predicted octanol–water partition coefficient (Wildman–Crippen LogP) is 4.94. The summed E-state index contributed by atoms with van der Waals surface area (Å²) >= 11 is 0. The van der Waals surface area contributed by atoms with Crippen LogP contribution in [-0.4, -0.2) is 29.6 Å². The maximum atomic E-state index is 11.9. The molecule has 5 heteroatoms. The molecule has 0 saturated heterocycles. The third kappa shape index (κ3) is 17.8. The number of allylic oxidation sites excluding steroid dienone is 2. The average Bonchev–Trinajstić information content (AvgIpc) is 2.64. The summed E-state index contributed by atoms with van der Waals surface area (Å²) in [6, 6.07) is -0.780. The minimum Gasteiger partial charge on any atom is -0.480 e. The van der Waals surface area contributed by atoms with Crippen molar-refractivity contribution in [1.82, 2.24) is 5.32 Å². The molecule has 0 fully saturated rings. The molecule has 0 bridgehead atoms. The number of carbonyl (C=O) groups is 2. The van der Waals surface area contributed by atoms with E-state index in [4.69, 9.17) is 10.8 Å². The molecule has 1 amide bonds. The fourth-order valence-corrected chi connectivity index (χ4v) is 3.02. The zero-order chi connectivity index (χ0) is 20.2. The average molecular weight is 383 g/mol. The van der Waals surface area contributed by atoms with Crippen LogP contribution in [0.4, 0.5) is 0 Å². The number of rotatable bonds is 19. The number of carboxylic acid groups (broad SMARTS) is 1. The quantitative estimate of drug-likeness (QED) is 0.218. The normalized spacial score (nSPS) is 12.4. The van der Waals surface area contributed by atoms with E-state index in [1.165, 1.54) is 44.9 Å². The number of hydrogen-bond donors (Lipinski definition) is 3. The lowest BCUT2D eigenvalue weighted by Crippen LogP contribution is -2.40. The molecular formula is C22H42N2O3. The van der Waals surface area contributed by atoms with Crippen molar-refractivity contribution in [1.29, 1.82) is 0 Å².